The van der Waals surface area contributed by atoms with Crippen LogP contribution in [0.5, 0.6) is 11.5 Å². The van der Waals surface area contributed by atoms with Crippen molar-refractivity contribution in [1.29, 1.82) is 0 Å². The maximum Gasteiger partial charge on any atom is 0.251 e. The molecule has 3 rings (SSSR count). The number of carbonyl (C=O) groups excluding carboxylic acids is 2. The Kier molecular flexibility index (Phi) is 4.65. The van der Waals surface area contributed by atoms with E-state index in [1.165, 1.54) is 0 Å². The molecule has 6 heteroatoms. The molecule has 0 fully saturated rings. The van der Waals surface area contributed by atoms with Crippen molar-refractivity contribution in [1.82, 2.24) is 10.6 Å². The lowest BCUT2D eigenvalue weighted by Crippen LogP contribution is -2.44. The number of amides is 2. The Morgan fingerprint density at radius 3 is 2.62 bits per heavy atom. The van der Waals surface area contributed by atoms with Crippen LogP contribution in [0.25, 0.3) is 0 Å². The highest BCUT2D eigenvalue weighted by molar-refractivity contribution is 5.97. The van der Waals surface area contributed by atoms with E-state index in [1.807, 2.05) is 24.3 Å². The molecule has 124 valence electrons. The molecular weight excluding hydrogens is 308 g/mol. The van der Waals surface area contributed by atoms with Crippen LogP contribution in [-0.4, -0.2) is 24.6 Å². The fourth-order valence-electron chi connectivity index (χ4n) is 2.33. The number of carbonyl (C=O) groups is 2. The van der Waals surface area contributed by atoms with E-state index in [0.717, 1.165) is 5.56 Å². The second kappa shape index (κ2) is 7.04. The molecule has 0 bridgehead atoms. The molecule has 0 aromatic heterocycles. The monoisotopic (exact) mass is 326 g/mol. The maximum atomic E-state index is 12.1. The van der Waals surface area contributed by atoms with E-state index in [4.69, 9.17) is 9.47 Å². The van der Waals surface area contributed by atoms with E-state index in [9.17, 15) is 9.59 Å². The van der Waals surface area contributed by atoms with Crippen molar-refractivity contribution in [2.24, 2.45) is 0 Å². The summed E-state index contributed by atoms with van der Waals surface area (Å²) in [6, 6.07) is 13.7. The van der Waals surface area contributed by atoms with E-state index >= 15 is 0 Å². The molecular formula is C18H18N2O4. The third kappa shape index (κ3) is 3.65. The standard InChI is InChI=1S/C18H18N2O4/c1-12(20-18(22)14-5-3-2-4-6-14)17(21)19-10-13-7-8-15-16(9-13)24-11-23-15/h2-9,12H,10-11H2,1H3,(H,19,21)(H,20,22)/t12-/m1/s1. The molecule has 0 saturated heterocycles. The first-order chi connectivity index (χ1) is 11.6. The number of fused-ring (bicyclic) bond motifs is 1. The van der Waals surface area contributed by atoms with Gasteiger partial charge in [-0.1, -0.05) is 24.3 Å². The number of hydrogen-bond donors (Lipinski definition) is 2. The molecule has 1 heterocycles. The molecule has 1 aliphatic heterocycles. The lowest BCUT2D eigenvalue weighted by molar-refractivity contribution is -0.122. The van der Waals surface area contributed by atoms with E-state index in [-0.39, 0.29) is 18.6 Å². The highest BCUT2D eigenvalue weighted by atomic mass is 16.7. The summed E-state index contributed by atoms with van der Waals surface area (Å²) in [4.78, 5) is 24.2. The summed E-state index contributed by atoms with van der Waals surface area (Å²) < 4.78 is 10.5. The second-order valence-corrected chi connectivity index (χ2v) is 5.47. The van der Waals surface area contributed by atoms with Gasteiger partial charge in [-0.05, 0) is 36.8 Å². The van der Waals surface area contributed by atoms with Gasteiger partial charge in [0.2, 0.25) is 12.7 Å². The van der Waals surface area contributed by atoms with Crippen LogP contribution in [-0.2, 0) is 11.3 Å². The molecule has 0 unspecified atom stereocenters. The van der Waals surface area contributed by atoms with E-state index in [1.54, 1.807) is 31.2 Å². The van der Waals surface area contributed by atoms with Crippen molar-refractivity contribution in [2.45, 2.75) is 19.5 Å². The van der Waals surface area contributed by atoms with Gasteiger partial charge >= 0.3 is 0 Å². The molecule has 2 N–H and O–H groups in total. The Balaban J connectivity index is 1.52. The van der Waals surface area contributed by atoms with Crippen molar-refractivity contribution in [3.05, 3.63) is 59.7 Å². The number of nitrogens with one attached hydrogen (secondary N) is 2. The summed E-state index contributed by atoms with van der Waals surface area (Å²) in [5.41, 5.74) is 1.42. The zero-order valence-corrected chi connectivity index (χ0v) is 13.2. The second-order valence-electron chi connectivity index (χ2n) is 5.47. The van der Waals surface area contributed by atoms with Gasteiger partial charge in [0.05, 0.1) is 0 Å². The van der Waals surface area contributed by atoms with Crippen LogP contribution in [0.2, 0.25) is 0 Å². The zero-order chi connectivity index (χ0) is 16.9. The molecule has 0 saturated carbocycles. The SMILES string of the molecule is C[C@@H](NC(=O)c1ccccc1)C(=O)NCc1ccc2c(c1)OCO2. The molecule has 24 heavy (non-hydrogen) atoms. The minimum absolute atomic E-state index is 0.216. The zero-order valence-electron chi connectivity index (χ0n) is 13.2. The van der Waals surface area contributed by atoms with Crippen molar-refractivity contribution in [3.8, 4) is 11.5 Å². The summed E-state index contributed by atoms with van der Waals surface area (Å²) in [5.74, 6) is 0.846. The minimum Gasteiger partial charge on any atom is -0.454 e. The summed E-state index contributed by atoms with van der Waals surface area (Å²) in [6.45, 7) is 2.21. The first-order valence-corrected chi connectivity index (χ1v) is 7.65. The summed E-state index contributed by atoms with van der Waals surface area (Å²) in [5, 5.41) is 5.47. The normalized spacial score (nSPS) is 13.2. The number of benzene rings is 2. The predicted octanol–water partition coefficient (Wildman–Crippen LogP) is 1.85. The quantitative estimate of drug-likeness (QED) is 0.879. The third-order valence-electron chi connectivity index (χ3n) is 3.68. The van der Waals surface area contributed by atoms with Gasteiger partial charge in [0.15, 0.2) is 11.5 Å². The van der Waals surface area contributed by atoms with Crippen molar-refractivity contribution < 1.29 is 19.1 Å². The topological polar surface area (TPSA) is 76.7 Å². The number of rotatable bonds is 5. The minimum atomic E-state index is -0.633. The Morgan fingerprint density at radius 2 is 1.83 bits per heavy atom. The van der Waals surface area contributed by atoms with Gasteiger partial charge in [0.25, 0.3) is 5.91 Å². The van der Waals surface area contributed by atoms with Crippen LogP contribution in [0.4, 0.5) is 0 Å². The molecule has 0 radical (unpaired) electrons. The molecule has 0 aliphatic carbocycles. The molecule has 1 aliphatic rings. The Labute approximate surface area is 139 Å². The van der Waals surface area contributed by atoms with Crippen LogP contribution < -0.4 is 20.1 Å². The molecule has 0 spiro atoms. The fourth-order valence-corrected chi connectivity index (χ4v) is 2.33. The highest BCUT2D eigenvalue weighted by Gasteiger charge is 2.17. The van der Waals surface area contributed by atoms with E-state index in [2.05, 4.69) is 10.6 Å². The van der Waals surface area contributed by atoms with Crippen LogP contribution in [0, 0.1) is 0 Å². The third-order valence-corrected chi connectivity index (χ3v) is 3.68. The van der Waals surface area contributed by atoms with Crippen LogP contribution in [0.1, 0.15) is 22.8 Å². The van der Waals surface area contributed by atoms with Gasteiger partial charge < -0.3 is 20.1 Å². The van der Waals surface area contributed by atoms with Crippen LogP contribution in [0.15, 0.2) is 48.5 Å². The lowest BCUT2D eigenvalue weighted by atomic mass is 10.2. The van der Waals surface area contributed by atoms with Crippen molar-refractivity contribution in [2.75, 3.05) is 6.79 Å². The first-order valence-electron chi connectivity index (χ1n) is 7.65. The summed E-state index contributed by atoms with van der Waals surface area (Å²) in [7, 11) is 0. The lowest BCUT2D eigenvalue weighted by Gasteiger charge is -2.14. The molecule has 6 nitrogen and oxygen atoms in total. The molecule has 2 amide bonds. The van der Waals surface area contributed by atoms with E-state index in [0.29, 0.717) is 23.6 Å². The van der Waals surface area contributed by atoms with Gasteiger partial charge in [-0.2, -0.15) is 0 Å². The average Bonchev–Trinajstić information content (AvgIpc) is 3.08. The highest BCUT2D eigenvalue weighted by Crippen LogP contribution is 2.32. The largest absolute Gasteiger partial charge is 0.454 e. The average molecular weight is 326 g/mol. The predicted molar refractivity (Wildman–Crippen MR) is 87.8 cm³/mol. The van der Waals surface area contributed by atoms with Gasteiger partial charge in [0, 0.05) is 12.1 Å². The molecule has 1 atom stereocenters. The van der Waals surface area contributed by atoms with Gasteiger partial charge in [-0.15, -0.1) is 0 Å². The van der Waals surface area contributed by atoms with Gasteiger partial charge in [0.1, 0.15) is 6.04 Å². The van der Waals surface area contributed by atoms with Crippen molar-refractivity contribution >= 4 is 11.8 Å². The smallest absolute Gasteiger partial charge is 0.251 e. The summed E-state index contributed by atoms with van der Waals surface area (Å²) >= 11 is 0. The molecule has 2 aromatic carbocycles. The summed E-state index contributed by atoms with van der Waals surface area (Å²) in [6.07, 6.45) is 0. The fraction of sp³-hybridized carbons (Fsp3) is 0.222. The number of hydrogen-bond acceptors (Lipinski definition) is 4. The Bertz CT molecular complexity index is 746. The van der Waals surface area contributed by atoms with Gasteiger partial charge in [-0.3, -0.25) is 9.59 Å². The Hall–Kier alpha value is -3.02. The molecule has 2 aromatic rings. The van der Waals surface area contributed by atoms with E-state index < -0.39 is 6.04 Å². The number of ether oxygens (including phenoxy) is 2. The van der Waals surface area contributed by atoms with Gasteiger partial charge in [-0.25, -0.2) is 0 Å². The van der Waals surface area contributed by atoms with Crippen molar-refractivity contribution in [3.63, 3.8) is 0 Å². The van der Waals surface area contributed by atoms with Crippen LogP contribution >= 0.6 is 0 Å². The Morgan fingerprint density at radius 1 is 1.08 bits per heavy atom. The first kappa shape index (κ1) is 15.9. The van der Waals surface area contributed by atoms with Crippen LogP contribution in [0.3, 0.4) is 0 Å². The maximum absolute atomic E-state index is 12.1.